The molecule has 1 aromatic carbocycles. The first-order valence-electron chi connectivity index (χ1n) is 3.38. The van der Waals surface area contributed by atoms with E-state index in [1.54, 1.807) is 18.2 Å². The first kappa shape index (κ1) is 12.0. The molecule has 0 saturated heterocycles. The highest BCUT2D eigenvalue weighted by Crippen LogP contribution is 2.39. The van der Waals surface area contributed by atoms with E-state index in [4.69, 9.17) is 15.8 Å². The van der Waals surface area contributed by atoms with Gasteiger partial charge in [0, 0.05) is 25.1 Å². The standard InChI is InChI=1S/C7H5BrClNO2S2/c8-5-2-1-4(10-7(11)12)3-6(5)13-14-9/h1-3,10H,(H,11,12). The van der Waals surface area contributed by atoms with Crippen molar-refractivity contribution >= 4 is 59.2 Å². The molecule has 0 spiro atoms. The largest absolute Gasteiger partial charge is 0.465 e. The fourth-order valence-electron chi connectivity index (χ4n) is 0.802. The average molecular weight is 315 g/mol. The molecule has 7 heteroatoms. The third-order valence-electron chi connectivity index (χ3n) is 1.30. The molecule has 76 valence electrons. The van der Waals surface area contributed by atoms with Crippen molar-refractivity contribution in [3.63, 3.8) is 0 Å². The average Bonchev–Trinajstić information content (AvgIpc) is 2.10. The zero-order chi connectivity index (χ0) is 10.6. The van der Waals surface area contributed by atoms with E-state index in [0.717, 1.165) is 19.4 Å². The molecular weight excluding hydrogens is 310 g/mol. The van der Waals surface area contributed by atoms with Crippen molar-refractivity contribution in [3.05, 3.63) is 22.7 Å². The summed E-state index contributed by atoms with van der Waals surface area (Å²) in [4.78, 5) is 11.2. The van der Waals surface area contributed by atoms with E-state index in [2.05, 4.69) is 21.2 Å². The number of nitrogens with one attached hydrogen (secondary N) is 1. The summed E-state index contributed by atoms with van der Waals surface area (Å²) in [7, 11) is 7.91. The molecule has 0 radical (unpaired) electrons. The lowest BCUT2D eigenvalue weighted by Crippen LogP contribution is -2.06. The van der Waals surface area contributed by atoms with Crippen LogP contribution in [-0.2, 0) is 0 Å². The molecule has 1 amide bonds. The van der Waals surface area contributed by atoms with Crippen LogP contribution in [0.5, 0.6) is 0 Å². The second kappa shape index (κ2) is 5.75. The molecule has 14 heavy (non-hydrogen) atoms. The Kier molecular flexibility index (Phi) is 4.94. The Morgan fingerprint density at radius 3 is 2.86 bits per heavy atom. The molecule has 0 aliphatic rings. The van der Waals surface area contributed by atoms with Crippen LogP contribution in [0.4, 0.5) is 10.5 Å². The first-order valence-corrected chi connectivity index (χ1v) is 7.15. The number of halogens is 2. The Hall–Kier alpha value is -0.0400. The minimum Gasteiger partial charge on any atom is -0.465 e. The van der Waals surface area contributed by atoms with Gasteiger partial charge in [-0.25, -0.2) is 4.79 Å². The molecule has 0 aliphatic carbocycles. The molecule has 3 nitrogen and oxygen atoms in total. The fraction of sp³-hybridized carbons (Fsp3) is 0. The Labute approximate surface area is 102 Å². The Morgan fingerprint density at radius 2 is 2.29 bits per heavy atom. The van der Waals surface area contributed by atoms with Crippen molar-refractivity contribution in [3.8, 4) is 0 Å². The maximum atomic E-state index is 10.4. The molecule has 0 aliphatic heterocycles. The van der Waals surface area contributed by atoms with E-state index in [1.165, 1.54) is 10.8 Å². The van der Waals surface area contributed by atoms with Crippen molar-refractivity contribution in [2.75, 3.05) is 5.32 Å². The monoisotopic (exact) mass is 313 g/mol. The van der Waals surface area contributed by atoms with Gasteiger partial charge in [0.05, 0.1) is 0 Å². The Bertz CT molecular complexity index is 350. The Morgan fingerprint density at radius 1 is 1.57 bits per heavy atom. The molecule has 1 aromatic rings. The zero-order valence-electron chi connectivity index (χ0n) is 6.66. The van der Waals surface area contributed by atoms with Gasteiger partial charge in [0.1, 0.15) is 0 Å². The first-order chi connectivity index (χ1) is 6.63. The lowest BCUT2D eigenvalue weighted by molar-refractivity contribution is 0.209. The van der Waals surface area contributed by atoms with Gasteiger partial charge >= 0.3 is 6.09 Å². The van der Waals surface area contributed by atoms with Crippen LogP contribution in [-0.4, -0.2) is 11.2 Å². The van der Waals surface area contributed by atoms with Crippen molar-refractivity contribution in [2.24, 2.45) is 0 Å². The lowest BCUT2D eigenvalue weighted by atomic mass is 10.3. The van der Waals surface area contributed by atoms with Gasteiger partial charge < -0.3 is 5.11 Å². The van der Waals surface area contributed by atoms with Crippen molar-refractivity contribution < 1.29 is 9.90 Å². The summed E-state index contributed by atoms with van der Waals surface area (Å²) in [5.74, 6) is 0. The lowest BCUT2D eigenvalue weighted by Gasteiger charge is -2.04. The maximum Gasteiger partial charge on any atom is 0.409 e. The van der Waals surface area contributed by atoms with Gasteiger partial charge in [-0.2, -0.15) is 0 Å². The van der Waals surface area contributed by atoms with E-state index in [-0.39, 0.29) is 0 Å². The zero-order valence-corrected chi connectivity index (χ0v) is 10.6. The number of carboxylic acid groups (broad SMARTS) is 1. The summed E-state index contributed by atoms with van der Waals surface area (Å²) in [6.07, 6.45) is -1.08. The number of benzene rings is 1. The van der Waals surface area contributed by atoms with E-state index in [9.17, 15) is 4.79 Å². The number of carbonyl (C=O) groups is 1. The van der Waals surface area contributed by atoms with Gasteiger partial charge in [-0.15, -0.1) is 0 Å². The van der Waals surface area contributed by atoms with Crippen LogP contribution < -0.4 is 5.32 Å². The molecular formula is C7H5BrClNO2S2. The second-order valence-corrected chi connectivity index (χ2v) is 5.82. The number of hydrogen-bond donors (Lipinski definition) is 2. The number of amides is 1. The van der Waals surface area contributed by atoms with Gasteiger partial charge in [-0.05, 0) is 55.6 Å². The van der Waals surface area contributed by atoms with Crippen LogP contribution in [0.3, 0.4) is 0 Å². The van der Waals surface area contributed by atoms with Crippen LogP contribution >= 0.6 is 47.4 Å². The van der Waals surface area contributed by atoms with E-state index in [1.807, 2.05) is 0 Å². The van der Waals surface area contributed by atoms with Gasteiger partial charge in [0.2, 0.25) is 0 Å². The minimum absolute atomic E-state index is 0.522. The predicted molar refractivity (Wildman–Crippen MR) is 65.1 cm³/mol. The second-order valence-electron chi connectivity index (χ2n) is 2.22. The summed E-state index contributed by atoms with van der Waals surface area (Å²) in [5, 5.41) is 10.8. The summed E-state index contributed by atoms with van der Waals surface area (Å²) >= 11 is 3.33. The molecule has 0 atom stereocenters. The normalized spacial score (nSPS) is 9.86. The topological polar surface area (TPSA) is 49.3 Å². The maximum absolute atomic E-state index is 10.4. The predicted octanol–water partition coefficient (Wildman–Crippen LogP) is 4.43. The smallest absolute Gasteiger partial charge is 0.409 e. The fourth-order valence-corrected chi connectivity index (χ4v) is 3.23. The van der Waals surface area contributed by atoms with E-state index < -0.39 is 6.09 Å². The highest BCUT2D eigenvalue weighted by Gasteiger charge is 2.04. The van der Waals surface area contributed by atoms with Gasteiger partial charge in [0.25, 0.3) is 0 Å². The molecule has 0 saturated carbocycles. The molecule has 0 fully saturated rings. The van der Waals surface area contributed by atoms with E-state index in [0.29, 0.717) is 5.69 Å². The van der Waals surface area contributed by atoms with Gasteiger partial charge in [-0.1, -0.05) is 0 Å². The van der Waals surface area contributed by atoms with E-state index >= 15 is 0 Å². The Balaban J connectivity index is 2.88. The highest BCUT2D eigenvalue weighted by atomic mass is 79.9. The quantitative estimate of drug-likeness (QED) is 0.810. The summed E-state index contributed by atoms with van der Waals surface area (Å²) < 4.78 is 0.881. The van der Waals surface area contributed by atoms with Gasteiger partial charge in [-0.3, -0.25) is 5.32 Å². The third kappa shape index (κ3) is 3.61. The van der Waals surface area contributed by atoms with Crippen LogP contribution in [0.1, 0.15) is 0 Å². The third-order valence-corrected chi connectivity index (χ3v) is 4.13. The summed E-state index contributed by atoms with van der Waals surface area (Å²) in [6.45, 7) is 0. The molecule has 0 aromatic heterocycles. The van der Waals surface area contributed by atoms with Crippen molar-refractivity contribution in [1.82, 2.24) is 0 Å². The van der Waals surface area contributed by atoms with Crippen molar-refractivity contribution in [1.29, 1.82) is 0 Å². The number of anilines is 1. The summed E-state index contributed by atoms with van der Waals surface area (Å²) in [6, 6.07) is 5.14. The van der Waals surface area contributed by atoms with Crippen LogP contribution in [0, 0.1) is 0 Å². The van der Waals surface area contributed by atoms with Crippen LogP contribution in [0.2, 0.25) is 0 Å². The minimum atomic E-state index is -1.08. The molecule has 0 unspecified atom stereocenters. The molecule has 0 heterocycles. The number of hydrogen-bond acceptors (Lipinski definition) is 3. The van der Waals surface area contributed by atoms with Gasteiger partial charge in [0.15, 0.2) is 0 Å². The van der Waals surface area contributed by atoms with Crippen LogP contribution in [0.25, 0.3) is 0 Å². The van der Waals surface area contributed by atoms with Crippen LogP contribution in [0.15, 0.2) is 27.6 Å². The number of rotatable bonds is 3. The molecule has 0 bridgehead atoms. The summed E-state index contributed by atoms with van der Waals surface area (Å²) in [5.41, 5.74) is 0.522. The van der Waals surface area contributed by atoms with Crippen molar-refractivity contribution in [2.45, 2.75) is 4.90 Å². The molecule has 2 N–H and O–H groups in total. The highest BCUT2D eigenvalue weighted by molar-refractivity contribution is 9.10. The molecule has 1 rings (SSSR count). The SMILES string of the molecule is O=C(O)Nc1ccc(Br)c(SSCl)c1.